The van der Waals surface area contributed by atoms with Gasteiger partial charge in [-0.3, -0.25) is 4.79 Å². The molecule has 1 aliphatic heterocycles. The first kappa shape index (κ1) is 28.8. The molecule has 1 saturated heterocycles. The van der Waals surface area contributed by atoms with E-state index in [0.29, 0.717) is 29.4 Å². The lowest BCUT2D eigenvalue weighted by Gasteiger charge is -2.29. The van der Waals surface area contributed by atoms with Gasteiger partial charge in [0.2, 0.25) is 0 Å². The number of halogens is 3. The third-order valence-corrected chi connectivity index (χ3v) is 7.83. The van der Waals surface area contributed by atoms with E-state index in [1.165, 1.54) is 6.92 Å². The summed E-state index contributed by atoms with van der Waals surface area (Å²) in [5.41, 5.74) is -0.228. The van der Waals surface area contributed by atoms with Crippen LogP contribution in [0.25, 0.3) is 11.0 Å². The van der Waals surface area contributed by atoms with Gasteiger partial charge in [-0.25, -0.2) is 14.4 Å². The highest BCUT2D eigenvalue weighted by Crippen LogP contribution is 2.46. The number of benzene rings is 1. The van der Waals surface area contributed by atoms with Crippen LogP contribution >= 0.6 is 0 Å². The van der Waals surface area contributed by atoms with Crippen molar-refractivity contribution in [3.63, 3.8) is 0 Å². The molecule has 1 aliphatic carbocycles. The smallest absolute Gasteiger partial charge is 0.364 e. The zero-order chi connectivity index (χ0) is 29.7. The van der Waals surface area contributed by atoms with Crippen molar-refractivity contribution in [2.24, 2.45) is 11.8 Å². The Morgan fingerprint density at radius 2 is 1.98 bits per heavy atom. The van der Waals surface area contributed by atoms with E-state index in [1.807, 2.05) is 17.0 Å². The average Bonchev–Trinajstić information content (AvgIpc) is 3.28. The van der Waals surface area contributed by atoms with Crippen LogP contribution in [-0.2, 0) is 4.74 Å². The summed E-state index contributed by atoms with van der Waals surface area (Å²) >= 11 is 0. The summed E-state index contributed by atoms with van der Waals surface area (Å²) in [4.78, 5) is 35.4. The molecule has 2 aromatic heterocycles. The number of H-pyrrole nitrogens is 1. The zero-order valence-electron chi connectivity index (χ0n) is 23.5. The minimum atomic E-state index is -4.63. The number of imidazole rings is 1. The molecular weight excluding hydrogens is 543 g/mol. The quantitative estimate of drug-likeness (QED) is 0.321. The maximum absolute atomic E-state index is 13.5. The predicted octanol–water partition coefficient (Wildman–Crippen LogP) is 4.58. The molecule has 41 heavy (non-hydrogen) atoms. The highest BCUT2D eigenvalue weighted by molar-refractivity contribution is 5.93. The Balaban J connectivity index is 1.44. The normalized spacial score (nSPS) is 19.6. The predicted molar refractivity (Wildman–Crippen MR) is 141 cm³/mol. The Labute approximate surface area is 234 Å². The molecule has 0 unspecified atom stereocenters. The maximum Gasteiger partial charge on any atom is 0.416 e. The number of aromatic nitrogens is 4. The molecule has 2 aliphatic rings. The van der Waals surface area contributed by atoms with Crippen molar-refractivity contribution < 1.29 is 32.1 Å². The molecule has 3 aromatic rings. The number of amides is 3. The molecule has 11 nitrogen and oxygen atoms in total. The van der Waals surface area contributed by atoms with Gasteiger partial charge < -0.3 is 25.3 Å². The van der Waals surface area contributed by atoms with Gasteiger partial charge in [0.15, 0.2) is 11.3 Å². The van der Waals surface area contributed by atoms with E-state index in [1.54, 1.807) is 6.07 Å². The first-order valence-corrected chi connectivity index (χ1v) is 13.6. The van der Waals surface area contributed by atoms with Gasteiger partial charge in [-0.05, 0) is 68.3 Å². The molecule has 14 heteroatoms. The third-order valence-electron chi connectivity index (χ3n) is 7.83. The van der Waals surface area contributed by atoms with Gasteiger partial charge in [0.1, 0.15) is 17.6 Å². The SMILES string of the molecule is Cc1nonc1C(=O)N[C@@H](COC(C)(C)C(F)(F)F)c1nc2ccc([C@@H](C3CC3)N3C[C@@H](C(C)C)NC3=O)cc2[nH]1. The maximum atomic E-state index is 13.5. The lowest BCUT2D eigenvalue weighted by Crippen LogP contribution is -2.44. The van der Waals surface area contributed by atoms with Crippen LogP contribution in [0.4, 0.5) is 18.0 Å². The van der Waals surface area contributed by atoms with Crippen molar-refractivity contribution in [3.8, 4) is 0 Å². The molecule has 0 bridgehead atoms. The number of carbonyl (C=O) groups is 2. The number of hydrogen-bond acceptors (Lipinski definition) is 7. The second-order valence-electron chi connectivity index (χ2n) is 11.7. The van der Waals surface area contributed by atoms with Crippen LogP contribution in [0.3, 0.4) is 0 Å². The number of ether oxygens (including phenoxy) is 1. The minimum Gasteiger partial charge on any atom is -0.364 e. The van der Waals surface area contributed by atoms with E-state index in [-0.39, 0.29) is 35.3 Å². The monoisotopic (exact) mass is 577 g/mol. The van der Waals surface area contributed by atoms with Gasteiger partial charge in [0, 0.05) is 6.54 Å². The fraction of sp³-hybridized carbons (Fsp3) is 0.593. The Kier molecular flexibility index (Phi) is 7.47. The van der Waals surface area contributed by atoms with Crippen LogP contribution in [0.5, 0.6) is 0 Å². The standard InChI is InChI=1S/C27H34F3N7O4/c1-13(2)19-11-37(25(39)34-19)22(15-6-7-15)16-8-9-17-18(10-16)32-23(31-17)20(12-40-26(4,5)27(28,29)30)33-24(38)21-14(3)35-41-36-21/h8-10,13,15,19-20,22H,6-7,11-12H2,1-5H3,(H,31,32)(H,33,38)(H,34,39)/t19-,20-,22+/m0/s1. The Bertz CT molecular complexity index is 1430. The number of aryl methyl sites for hydroxylation is 1. The topological polar surface area (TPSA) is 138 Å². The zero-order valence-corrected chi connectivity index (χ0v) is 23.5. The van der Waals surface area contributed by atoms with Crippen LogP contribution in [0.15, 0.2) is 22.8 Å². The van der Waals surface area contributed by atoms with Crippen molar-refractivity contribution in [1.29, 1.82) is 0 Å². The number of carbonyl (C=O) groups excluding carboxylic acids is 2. The first-order valence-electron chi connectivity index (χ1n) is 13.6. The molecule has 3 N–H and O–H groups in total. The van der Waals surface area contributed by atoms with Crippen LogP contribution < -0.4 is 10.6 Å². The first-order chi connectivity index (χ1) is 19.2. The van der Waals surface area contributed by atoms with E-state index in [9.17, 15) is 22.8 Å². The third kappa shape index (κ3) is 5.88. The van der Waals surface area contributed by atoms with Crippen LogP contribution in [0.2, 0.25) is 0 Å². The van der Waals surface area contributed by atoms with Crippen molar-refractivity contribution in [1.82, 2.24) is 35.8 Å². The molecule has 0 spiro atoms. The summed E-state index contributed by atoms with van der Waals surface area (Å²) in [5.74, 6) is 0.155. The molecule has 1 saturated carbocycles. The number of urea groups is 1. The lowest BCUT2D eigenvalue weighted by atomic mass is 9.99. The van der Waals surface area contributed by atoms with Gasteiger partial charge in [0.25, 0.3) is 5.91 Å². The molecule has 222 valence electrons. The summed E-state index contributed by atoms with van der Waals surface area (Å²) in [6.07, 6.45) is -2.60. The molecule has 3 heterocycles. The number of hydrogen-bond donors (Lipinski definition) is 3. The molecule has 3 amide bonds. The van der Waals surface area contributed by atoms with E-state index < -0.39 is 30.3 Å². The second-order valence-corrected chi connectivity index (χ2v) is 11.7. The number of nitrogens with zero attached hydrogens (tertiary/aromatic N) is 4. The Morgan fingerprint density at radius 3 is 2.56 bits per heavy atom. The fourth-order valence-corrected chi connectivity index (χ4v) is 4.94. The largest absolute Gasteiger partial charge is 0.416 e. The van der Waals surface area contributed by atoms with Gasteiger partial charge in [-0.2, -0.15) is 13.2 Å². The number of nitrogens with one attached hydrogen (secondary N) is 3. The number of rotatable bonds is 10. The molecule has 5 rings (SSSR count). The number of alkyl halides is 3. The summed E-state index contributed by atoms with van der Waals surface area (Å²) < 4.78 is 50.4. The molecule has 2 fully saturated rings. The minimum absolute atomic E-state index is 0.0695. The van der Waals surface area contributed by atoms with Gasteiger partial charge in [-0.1, -0.05) is 25.1 Å². The van der Waals surface area contributed by atoms with E-state index in [2.05, 4.69) is 49.4 Å². The number of aromatic amines is 1. The highest BCUT2D eigenvalue weighted by Gasteiger charge is 2.49. The van der Waals surface area contributed by atoms with Crippen molar-refractivity contribution in [2.45, 2.75) is 77.4 Å². The van der Waals surface area contributed by atoms with Gasteiger partial charge in [0.05, 0.1) is 29.7 Å². The second kappa shape index (κ2) is 10.6. The summed E-state index contributed by atoms with van der Waals surface area (Å²) in [5, 5.41) is 12.9. The molecule has 3 atom stereocenters. The summed E-state index contributed by atoms with van der Waals surface area (Å²) in [6, 6.07) is 4.44. The Hall–Kier alpha value is -3.68. The van der Waals surface area contributed by atoms with E-state index in [0.717, 1.165) is 32.3 Å². The van der Waals surface area contributed by atoms with Crippen LogP contribution in [0.1, 0.15) is 80.2 Å². The lowest BCUT2D eigenvalue weighted by molar-refractivity contribution is -0.265. The van der Waals surface area contributed by atoms with E-state index in [4.69, 9.17) is 4.74 Å². The molecular formula is C27H34F3N7O4. The number of fused-ring (bicyclic) bond motifs is 1. The molecule has 1 aromatic carbocycles. The molecule has 0 radical (unpaired) electrons. The van der Waals surface area contributed by atoms with Crippen molar-refractivity contribution in [3.05, 3.63) is 41.0 Å². The van der Waals surface area contributed by atoms with Gasteiger partial charge in [-0.15, -0.1) is 0 Å². The summed E-state index contributed by atoms with van der Waals surface area (Å²) in [7, 11) is 0. The van der Waals surface area contributed by atoms with Crippen LogP contribution in [0, 0.1) is 18.8 Å². The van der Waals surface area contributed by atoms with Crippen LogP contribution in [-0.4, -0.2) is 68.1 Å². The van der Waals surface area contributed by atoms with Gasteiger partial charge >= 0.3 is 12.2 Å². The van der Waals surface area contributed by atoms with E-state index >= 15 is 0 Å². The van der Waals surface area contributed by atoms with Crippen molar-refractivity contribution >= 4 is 23.0 Å². The summed E-state index contributed by atoms with van der Waals surface area (Å²) in [6.45, 7) is 7.59. The average molecular weight is 578 g/mol. The highest BCUT2D eigenvalue weighted by atomic mass is 19.4. The van der Waals surface area contributed by atoms with Crippen molar-refractivity contribution in [2.75, 3.05) is 13.2 Å². The fourth-order valence-electron chi connectivity index (χ4n) is 4.94. The Morgan fingerprint density at radius 1 is 1.24 bits per heavy atom.